The van der Waals surface area contributed by atoms with Crippen molar-refractivity contribution in [3.8, 4) is 17.2 Å². The van der Waals surface area contributed by atoms with E-state index < -0.39 is 18.5 Å². The van der Waals surface area contributed by atoms with Gasteiger partial charge in [0.15, 0.2) is 23.9 Å². The van der Waals surface area contributed by atoms with Gasteiger partial charge in [-0.3, -0.25) is 9.59 Å². The van der Waals surface area contributed by atoms with Crippen molar-refractivity contribution >= 4 is 23.3 Å². The van der Waals surface area contributed by atoms with Gasteiger partial charge in [-0.1, -0.05) is 18.2 Å². The number of benzene rings is 3. The standard InChI is InChI=1S/C25H20FNO7/c1-15(28)20-10-22-23(34-14-33-22)11-21(20)27-24(29)13-32-25(30)17-3-2-4-19(9-17)31-12-16-5-7-18(26)8-6-16/h2-11H,12-14H2,1H3,(H,27,29). The number of rotatable bonds is 8. The molecule has 174 valence electrons. The molecule has 0 radical (unpaired) electrons. The lowest BCUT2D eigenvalue weighted by Gasteiger charge is -2.11. The molecule has 1 amide bonds. The molecule has 0 atom stereocenters. The Hall–Kier alpha value is -4.40. The number of Topliss-reactive ketones (excluding diaryl/α,β-unsaturated/α-hetero) is 1. The molecule has 1 N–H and O–H groups in total. The fourth-order valence-corrected chi connectivity index (χ4v) is 3.20. The van der Waals surface area contributed by atoms with Crippen molar-refractivity contribution in [2.75, 3.05) is 18.7 Å². The summed E-state index contributed by atoms with van der Waals surface area (Å²) < 4.78 is 34.3. The number of halogens is 1. The average Bonchev–Trinajstić information content (AvgIpc) is 3.29. The minimum atomic E-state index is -0.722. The van der Waals surface area contributed by atoms with Gasteiger partial charge in [0.2, 0.25) is 6.79 Å². The lowest BCUT2D eigenvalue weighted by atomic mass is 10.1. The van der Waals surface area contributed by atoms with Crippen molar-refractivity contribution < 1.29 is 37.7 Å². The van der Waals surface area contributed by atoms with Gasteiger partial charge in [0, 0.05) is 11.6 Å². The first kappa shape index (κ1) is 22.8. The summed E-state index contributed by atoms with van der Waals surface area (Å²) in [5.74, 6) is -0.740. The maximum Gasteiger partial charge on any atom is 0.338 e. The number of nitrogens with one attached hydrogen (secondary N) is 1. The maximum absolute atomic E-state index is 13.0. The molecule has 3 aromatic carbocycles. The van der Waals surface area contributed by atoms with Crippen LogP contribution >= 0.6 is 0 Å². The minimum absolute atomic E-state index is 0.0222. The molecule has 9 heteroatoms. The number of anilines is 1. The third-order valence-electron chi connectivity index (χ3n) is 4.89. The molecule has 0 aliphatic carbocycles. The van der Waals surface area contributed by atoms with E-state index in [0.717, 1.165) is 5.56 Å². The predicted octanol–water partition coefficient (Wildman–Crippen LogP) is 4.13. The molecule has 0 fully saturated rings. The Morgan fingerprint density at radius 1 is 1.00 bits per heavy atom. The minimum Gasteiger partial charge on any atom is -0.489 e. The summed E-state index contributed by atoms with van der Waals surface area (Å²) in [6, 6.07) is 15.1. The molecule has 0 saturated heterocycles. The highest BCUT2D eigenvalue weighted by molar-refractivity contribution is 6.05. The van der Waals surface area contributed by atoms with Gasteiger partial charge in [-0.25, -0.2) is 9.18 Å². The van der Waals surface area contributed by atoms with Gasteiger partial charge in [0.25, 0.3) is 5.91 Å². The van der Waals surface area contributed by atoms with E-state index >= 15 is 0 Å². The second-order valence-electron chi connectivity index (χ2n) is 7.37. The van der Waals surface area contributed by atoms with Gasteiger partial charge in [-0.2, -0.15) is 0 Å². The second kappa shape index (κ2) is 10.0. The third-order valence-corrected chi connectivity index (χ3v) is 4.89. The molecule has 3 aromatic rings. The number of carbonyl (C=O) groups is 3. The molecule has 1 aliphatic heterocycles. The highest BCUT2D eigenvalue weighted by atomic mass is 19.1. The number of ketones is 1. The molecular weight excluding hydrogens is 445 g/mol. The average molecular weight is 465 g/mol. The summed E-state index contributed by atoms with van der Waals surface area (Å²) in [6.07, 6.45) is 0. The summed E-state index contributed by atoms with van der Waals surface area (Å²) in [5.41, 5.74) is 1.43. The molecular formula is C25H20FNO7. The fourth-order valence-electron chi connectivity index (χ4n) is 3.20. The summed E-state index contributed by atoms with van der Waals surface area (Å²) in [5, 5.41) is 2.56. The topological polar surface area (TPSA) is 100 Å². The smallest absolute Gasteiger partial charge is 0.338 e. The van der Waals surface area contributed by atoms with E-state index in [1.165, 1.54) is 43.3 Å². The van der Waals surface area contributed by atoms with Crippen LogP contribution in [0.5, 0.6) is 17.2 Å². The number of ether oxygens (including phenoxy) is 4. The lowest BCUT2D eigenvalue weighted by Crippen LogP contribution is -2.22. The van der Waals surface area contributed by atoms with Crippen LogP contribution in [0.25, 0.3) is 0 Å². The molecule has 1 aliphatic rings. The van der Waals surface area contributed by atoms with Crippen LogP contribution in [0.4, 0.5) is 10.1 Å². The van der Waals surface area contributed by atoms with Crippen LogP contribution < -0.4 is 19.5 Å². The summed E-state index contributed by atoms with van der Waals surface area (Å²) in [6.45, 7) is 1.01. The predicted molar refractivity (Wildman–Crippen MR) is 119 cm³/mol. The molecule has 0 bridgehead atoms. The van der Waals surface area contributed by atoms with E-state index in [2.05, 4.69) is 5.32 Å². The van der Waals surface area contributed by atoms with Crippen LogP contribution in [0.3, 0.4) is 0 Å². The summed E-state index contributed by atoms with van der Waals surface area (Å²) in [7, 11) is 0. The number of amides is 1. The number of carbonyl (C=O) groups excluding carboxylic acids is 3. The van der Waals surface area contributed by atoms with Crippen LogP contribution in [-0.4, -0.2) is 31.1 Å². The zero-order chi connectivity index (χ0) is 24.1. The van der Waals surface area contributed by atoms with Crippen molar-refractivity contribution in [1.82, 2.24) is 0 Å². The van der Waals surface area contributed by atoms with E-state index in [1.807, 2.05) is 0 Å². The van der Waals surface area contributed by atoms with Crippen LogP contribution in [0.15, 0.2) is 60.7 Å². The Balaban J connectivity index is 1.34. The van der Waals surface area contributed by atoms with Crippen molar-refractivity contribution in [3.05, 3.63) is 83.2 Å². The SMILES string of the molecule is CC(=O)c1cc2c(cc1NC(=O)COC(=O)c1cccc(OCc3ccc(F)cc3)c1)OCO2. The summed E-state index contributed by atoms with van der Waals surface area (Å²) in [4.78, 5) is 36.7. The van der Waals surface area contributed by atoms with Gasteiger partial charge < -0.3 is 24.3 Å². The maximum atomic E-state index is 13.0. The Bertz CT molecular complexity index is 1240. The number of fused-ring (bicyclic) bond motifs is 1. The number of esters is 1. The van der Waals surface area contributed by atoms with Gasteiger partial charge in [0.05, 0.1) is 11.3 Å². The highest BCUT2D eigenvalue weighted by Gasteiger charge is 2.21. The highest BCUT2D eigenvalue weighted by Crippen LogP contribution is 2.37. The molecule has 0 unspecified atom stereocenters. The van der Waals surface area contributed by atoms with Gasteiger partial charge in [-0.05, 0) is 48.9 Å². The molecule has 0 spiro atoms. The van der Waals surface area contributed by atoms with E-state index in [0.29, 0.717) is 17.2 Å². The fraction of sp³-hybridized carbons (Fsp3) is 0.160. The Morgan fingerprint density at radius 3 is 2.47 bits per heavy atom. The second-order valence-corrected chi connectivity index (χ2v) is 7.37. The molecule has 34 heavy (non-hydrogen) atoms. The van der Waals surface area contributed by atoms with Gasteiger partial charge in [-0.15, -0.1) is 0 Å². The first-order valence-corrected chi connectivity index (χ1v) is 10.3. The largest absolute Gasteiger partial charge is 0.489 e. The molecule has 4 rings (SSSR count). The van der Waals surface area contributed by atoms with E-state index in [9.17, 15) is 18.8 Å². The van der Waals surface area contributed by atoms with Crippen molar-refractivity contribution in [3.63, 3.8) is 0 Å². The van der Waals surface area contributed by atoms with Crippen molar-refractivity contribution in [2.45, 2.75) is 13.5 Å². The number of hydrogen-bond acceptors (Lipinski definition) is 7. The molecule has 0 saturated carbocycles. The van der Waals surface area contributed by atoms with E-state index in [-0.39, 0.29) is 41.8 Å². The van der Waals surface area contributed by atoms with E-state index in [4.69, 9.17) is 18.9 Å². The lowest BCUT2D eigenvalue weighted by molar-refractivity contribution is -0.119. The Labute approximate surface area is 194 Å². The van der Waals surface area contributed by atoms with Crippen molar-refractivity contribution in [2.24, 2.45) is 0 Å². The Kier molecular flexibility index (Phi) is 6.72. The van der Waals surface area contributed by atoms with E-state index in [1.54, 1.807) is 24.3 Å². The first-order valence-electron chi connectivity index (χ1n) is 10.3. The summed E-state index contributed by atoms with van der Waals surface area (Å²) >= 11 is 0. The monoisotopic (exact) mass is 465 g/mol. The van der Waals surface area contributed by atoms with Crippen molar-refractivity contribution in [1.29, 1.82) is 0 Å². The normalized spacial score (nSPS) is 11.6. The Morgan fingerprint density at radius 2 is 1.74 bits per heavy atom. The quantitative estimate of drug-likeness (QED) is 0.394. The molecule has 0 aromatic heterocycles. The van der Waals surface area contributed by atoms with Gasteiger partial charge >= 0.3 is 5.97 Å². The zero-order valence-corrected chi connectivity index (χ0v) is 18.1. The van der Waals surface area contributed by atoms with Crippen LogP contribution in [-0.2, 0) is 16.1 Å². The zero-order valence-electron chi connectivity index (χ0n) is 18.1. The van der Waals surface area contributed by atoms with Crippen LogP contribution in [0.1, 0.15) is 33.2 Å². The molecule has 8 nitrogen and oxygen atoms in total. The third kappa shape index (κ3) is 5.50. The number of hydrogen-bond donors (Lipinski definition) is 1. The van der Waals surface area contributed by atoms with Crippen LogP contribution in [0.2, 0.25) is 0 Å². The first-order chi connectivity index (χ1) is 16.4. The van der Waals surface area contributed by atoms with Crippen LogP contribution in [0, 0.1) is 5.82 Å². The van der Waals surface area contributed by atoms with Gasteiger partial charge in [0.1, 0.15) is 18.2 Å². The molecule has 1 heterocycles.